The molecule has 1 fully saturated rings. The molecule has 0 radical (unpaired) electrons. The third-order valence-electron chi connectivity index (χ3n) is 6.93. The Morgan fingerprint density at radius 1 is 1.03 bits per heavy atom. The summed E-state index contributed by atoms with van der Waals surface area (Å²) in [4.78, 5) is 33.8. The van der Waals surface area contributed by atoms with Crippen LogP contribution in [0, 0.1) is 6.92 Å². The Morgan fingerprint density at radius 2 is 1.80 bits per heavy atom. The van der Waals surface area contributed by atoms with E-state index in [0.717, 1.165) is 58.3 Å². The molecule has 0 bridgehead atoms. The van der Waals surface area contributed by atoms with Crippen molar-refractivity contribution in [2.45, 2.75) is 57.5 Å². The molecule has 2 aromatic carbocycles. The van der Waals surface area contributed by atoms with Gasteiger partial charge in [0.25, 0.3) is 0 Å². The molecule has 2 heterocycles. The van der Waals surface area contributed by atoms with E-state index in [-0.39, 0.29) is 24.3 Å². The Hall–Kier alpha value is -3.38. The zero-order chi connectivity index (χ0) is 24.2. The van der Waals surface area contributed by atoms with Crippen molar-refractivity contribution in [3.8, 4) is 0 Å². The van der Waals surface area contributed by atoms with Crippen molar-refractivity contribution in [3.63, 3.8) is 0 Å². The number of amides is 2. The molecule has 2 aromatic heterocycles. The summed E-state index contributed by atoms with van der Waals surface area (Å²) in [7, 11) is 0. The van der Waals surface area contributed by atoms with E-state index in [1.54, 1.807) is 4.90 Å². The summed E-state index contributed by atoms with van der Waals surface area (Å²) < 4.78 is 0. The molecule has 180 valence electrons. The second-order valence-electron chi connectivity index (χ2n) is 9.35. The molecule has 2 N–H and O–H groups in total. The molecule has 1 unspecified atom stereocenters. The standard InChI is InChI=1S/C29H31N3O2S/c1-20-10-5-8-15-25(20)32(27(33)18-21-19-30-24-14-7-6-13-23(21)24)28(26-16-9-17-35-26)29(34)31-22-11-3-2-4-12-22/h5-10,13-17,19,22,28,30H,2-4,11-12,18H2,1H3,(H,31,34). The summed E-state index contributed by atoms with van der Waals surface area (Å²) in [6, 6.07) is 19.2. The summed E-state index contributed by atoms with van der Waals surface area (Å²) in [6.07, 6.45) is 7.59. The molecular weight excluding hydrogens is 454 g/mol. The lowest BCUT2D eigenvalue weighted by Crippen LogP contribution is -2.47. The fourth-order valence-corrected chi connectivity index (χ4v) is 5.94. The van der Waals surface area contributed by atoms with E-state index >= 15 is 0 Å². The van der Waals surface area contributed by atoms with Crippen LogP contribution in [0.2, 0.25) is 0 Å². The second kappa shape index (κ2) is 10.5. The lowest BCUT2D eigenvalue weighted by molar-refractivity contribution is -0.127. The zero-order valence-electron chi connectivity index (χ0n) is 20.0. The monoisotopic (exact) mass is 485 g/mol. The third-order valence-corrected chi connectivity index (χ3v) is 7.86. The van der Waals surface area contributed by atoms with Gasteiger partial charge in [-0.25, -0.2) is 0 Å². The van der Waals surface area contributed by atoms with Gasteiger partial charge in [0.1, 0.15) is 6.04 Å². The molecular formula is C29H31N3O2S. The first-order valence-electron chi connectivity index (χ1n) is 12.4. The molecule has 6 heteroatoms. The topological polar surface area (TPSA) is 65.2 Å². The molecule has 1 saturated carbocycles. The van der Waals surface area contributed by atoms with Crippen LogP contribution in [0.3, 0.4) is 0 Å². The minimum absolute atomic E-state index is 0.0961. The van der Waals surface area contributed by atoms with E-state index in [1.165, 1.54) is 17.8 Å². The largest absolute Gasteiger partial charge is 0.361 e. The number of nitrogens with zero attached hydrogens (tertiary/aromatic N) is 1. The molecule has 0 saturated heterocycles. The first-order valence-corrected chi connectivity index (χ1v) is 13.3. The van der Waals surface area contributed by atoms with Crippen LogP contribution in [0.15, 0.2) is 72.2 Å². The third kappa shape index (κ3) is 5.03. The fraction of sp³-hybridized carbons (Fsp3) is 0.310. The number of thiophene rings is 1. The number of rotatable bonds is 7. The maximum Gasteiger partial charge on any atom is 0.248 e. The minimum Gasteiger partial charge on any atom is -0.361 e. The van der Waals surface area contributed by atoms with Crippen molar-refractivity contribution in [1.82, 2.24) is 10.3 Å². The van der Waals surface area contributed by atoms with Crippen LogP contribution in [0.5, 0.6) is 0 Å². The van der Waals surface area contributed by atoms with Crippen LogP contribution < -0.4 is 10.2 Å². The van der Waals surface area contributed by atoms with Gasteiger partial charge < -0.3 is 10.3 Å². The summed E-state index contributed by atoms with van der Waals surface area (Å²) in [5.74, 6) is -0.198. The Balaban J connectivity index is 1.53. The highest BCUT2D eigenvalue weighted by Gasteiger charge is 2.35. The molecule has 1 aliphatic rings. The number of carbonyl (C=O) groups is 2. The van der Waals surface area contributed by atoms with E-state index in [0.29, 0.717) is 0 Å². The number of aromatic amines is 1. The van der Waals surface area contributed by atoms with Crippen LogP contribution in [-0.2, 0) is 16.0 Å². The van der Waals surface area contributed by atoms with Gasteiger partial charge in [0.05, 0.1) is 6.42 Å². The summed E-state index contributed by atoms with van der Waals surface area (Å²) >= 11 is 1.52. The van der Waals surface area contributed by atoms with Gasteiger partial charge >= 0.3 is 0 Å². The Kier molecular flexibility index (Phi) is 7.00. The predicted molar refractivity (Wildman–Crippen MR) is 143 cm³/mol. The number of anilines is 1. The molecule has 1 atom stereocenters. The van der Waals surface area contributed by atoms with E-state index in [9.17, 15) is 9.59 Å². The number of benzene rings is 2. The lowest BCUT2D eigenvalue weighted by Gasteiger charge is -2.33. The van der Waals surface area contributed by atoms with Gasteiger partial charge in [-0.3, -0.25) is 14.5 Å². The summed E-state index contributed by atoms with van der Waals surface area (Å²) in [6.45, 7) is 1.99. The maximum atomic E-state index is 14.1. The summed E-state index contributed by atoms with van der Waals surface area (Å²) in [5.41, 5.74) is 3.67. The molecule has 4 aromatic rings. The van der Waals surface area contributed by atoms with E-state index in [1.807, 2.05) is 79.2 Å². The highest BCUT2D eigenvalue weighted by Crippen LogP contribution is 2.34. The normalized spacial score (nSPS) is 15.1. The Morgan fingerprint density at radius 3 is 2.57 bits per heavy atom. The van der Waals surface area contributed by atoms with Crippen LogP contribution in [0.1, 0.15) is 54.1 Å². The van der Waals surface area contributed by atoms with Gasteiger partial charge in [-0.15, -0.1) is 11.3 Å². The van der Waals surface area contributed by atoms with E-state index in [4.69, 9.17) is 0 Å². The quantitative estimate of drug-likeness (QED) is 0.322. The number of aryl methyl sites for hydroxylation is 1. The minimum atomic E-state index is -0.712. The van der Waals surface area contributed by atoms with Crippen molar-refractivity contribution in [2.75, 3.05) is 4.90 Å². The van der Waals surface area contributed by atoms with E-state index < -0.39 is 6.04 Å². The number of H-pyrrole nitrogens is 1. The van der Waals surface area contributed by atoms with Crippen LogP contribution in [-0.4, -0.2) is 22.8 Å². The SMILES string of the molecule is Cc1ccccc1N(C(=O)Cc1c[nH]c2ccccc12)C(C(=O)NC1CCCCC1)c1cccs1. The van der Waals surface area contributed by atoms with Gasteiger partial charge in [0.2, 0.25) is 11.8 Å². The van der Waals surface area contributed by atoms with Crippen molar-refractivity contribution < 1.29 is 9.59 Å². The lowest BCUT2D eigenvalue weighted by atomic mass is 9.95. The number of para-hydroxylation sites is 2. The number of nitrogens with one attached hydrogen (secondary N) is 2. The number of hydrogen-bond acceptors (Lipinski definition) is 3. The molecule has 0 aliphatic heterocycles. The average molecular weight is 486 g/mol. The molecule has 1 aliphatic carbocycles. The van der Waals surface area contributed by atoms with E-state index in [2.05, 4.69) is 10.3 Å². The van der Waals surface area contributed by atoms with Gasteiger partial charge in [-0.1, -0.05) is 61.7 Å². The molecule has 2 amide bonds. The number of aromatic nitrogens is 1. The van der Waals surface area contributed by atoms with Crippen LogP contribution in [0.25, 0.3) is 10.9 Å². The van der Waals surface area contributed by atoms with Gasteiger partial charge in [-0.2, -0.15) is 0 Å². The van der Waals surface area contributed by atoms with Crippen molar-refractivity contribution >= 4 is 39.7 Å². The number of fused-ring (bicyclic) bond motifs is 1. The number of carbonyl (C=O) groups excluding carboxylic acids is 2. The zero-order valence-corrected chi connectivity index (χ0v) is 20.8. The first-order chi connectivity index (χ1) is 17.1. The predicted octanol–water partition coefficient (Wildman–Crippen LogP) is 6.30. The molecule has 35 heavy (non-hydrogen) atoms. The first kappa shape index (κ1) is 23.4. The number of hydrogen-bond donors (Lipinski definition) is 2. The Labute approximate surface area is 210 Å². The smallest absolute Gasteiger partial charge is 0.248 e. The van der Waals surface area contributed by atoms with Crippen molar-refractivity contribution in [2.24, 2.45) is 0 Å². The van der Waals surface area contributed by atoms with Crippen LogP contribution in [0.4, 0.5) is 5.69 Å². The molecule has 0 spiro atoms. The highest BCUT2D eigenvalue weighted by atomic mass is 32.1. The maximum absolute atomic E-state index is 14.1. The average Bonchev–Trinajstić information content (AvgIpc) is 3.54. The van der Waals surface area contributed by atoms with Gasteiger partial charge in [0.15, 0.2) is 0 Å². The molecule has 5 rings (SSSR count). The van der Waals surface area contributed by atoms with Gasteiger partial charge in [-0.05, 0) is 54.5 Å². The Bertz CT molecular complexity index is 1300. The summed E-state index contributed by atoms with van der Waals surface area (Å²) in [5, 5.41) is 6.29. The van der Waals surface area contributed by atoms with Crippen molar-refractivity contribution in [1.29, 1.82) is 0 Å². The van der Waals surface area contributed by atoms with Crippen molar-refractivity contribution in [3.05, 3.63) is 88.2 Å². The second-order valence-corrected chi connectivity index (χ2v) is 10.3. The fourth-order valence-electron chi connectivity index (χ4n) is 5.12. The molecule has 5 nitrogen and oxygen atoms in total. The van der Waals surface area contributed by atoms with Crippen LogP contribution >= 0.6 is 11.3 Å². The highest BCUT2D eigenvalue weighted by molar-refractivity contribution is 7.10. The van der Waals surface area contributed by atoms with Gasteiger partial charge in [0, 0.05) is 33.7 Å².